The topological polar surface area (TPSA) is 64.4 Å². The molecule has 1 aromatic heterocycles. The average molecular weight is 313 g/mol. The Morgan fingerprint density at radius 2 is 2.00 bits per heavy atom. The van der Waals surface area contributed by atoms with Crippen LogP contribution in [0.2, 0.25) is 0 Å². The molecule has 1 heterocycles. The number of hydrogen-bond donors (Lipinski definition) is 0. The molecule has 20 heavy (non-hydrogen) atoms. The zero-order chi connectivity index (χ0) is 15.0. The largest absolute Gasteiger partial charge is 0.302 e. The second-order valence-corrected chi connectivity index (χ2v) is 8.82. The standard InChI is InChI=1S/C13H19N3O2S2/c1-15(2)13(7-4-8-13)10-16(3)20(17,18)12-6-5-11(9-14)19-12/h5-6H,4,7-8,10H2,1-3H3. The summed E-state index contributed by atoms with van der Waals surface area (Å²) in [7, 11) is 2.12. The molecule has 0 spiro atoms. The third-order valence-corrected chi connectivity index (χ3v) is 7.37. The van der Waals surface area contributed by atoms with Gasteiger partial charge < -0.3 is 4.90 Å². The summed E-state index contributed by atoms with van der Waals surface area (Å²) >= 11 is 1.02. The van der Waals surface area contributed by atoms with Gasteiger partial charge in [0.25, 0.3) is 10.0 Å². The summed E-state index contributed by atoms with van der Waals surface area (Å²) in [6.45, 7) is 0.488. The number of nitriles is 1. The Hall–Kier alpha value is -0.940. The number of rotatable bonds is 5. The first-order chi connectivity index (χ1) is 9.32. The van der Waals surface area contributed by atoms with Gasteiger partial charge in [-0.3, -0.25) is 0 Å². The normalized spacial score (nSPS) is 18.0. The molecule has 0 radical (unpaired) electrons. The monoisotopic (exact) mass is 313 g/mol. The molecule has 0 aromatic carbocycles. The average Bonchev–Trinajstić information content (AvgIpc) is 2.82. The molecule has 1 aliphatic rings. The molecule has 2 rings (SSSR count). The summed E-state index contributed by atoms with van der Waals surface area (Å²) in [5.74, 6) is 0. The highest BCUT2D eigenvalue weighted by atomic mass is 32.2. The van der Waals surface area contributed by atoms with Crippen molar-refractivity contribution in [1.29, 1.82) is 5.26 Å². The van der Waals surface area contributed by atoms with Crippen molar-refractivity contribution in [3.05, 3.63) is 17.0 Å². The van der Waals surface area contributed by atoms with Crippen molar-refractivity contribution in [2.24, 2.45) is 0 Å². The fourth-order valence-electron chi connectivity index (χ4n) is 2.50. The van der Waals surface area contributed by atoms with Gasteiger partial charge in [0.15, 0.2) is 0 Å². The van der Waals surface area contributed by atoms with Crippen molar-refractivity contribution < 1.29 is 8.42 Å². The van der Waals surface area contributed by atoms with E-state index in [0.717, 1.165) is 30.6 Å². The lowest BCUT2D eigenvalue weighted by molar-refractivity contribution is 0.0455. The second kappa shape index (κ2) is 5.45. The van der Waals surface area contributed by atoms with Gasteiger partial charge in [-0.1, -0.05) is 0 Å². The zero-order valence-electron chi connectivity index (χ0n) is 12.0. The molecule has 110 valence electrons. The minimum Gasteiger partial charge on any atom is -0.302 e. The highest BCUT2D eigenvalue weighted by Gasteiger charge is 2.42. The molecule has 0 unspecified atom stereocenters. The maximum Gasteiger partial charge on any atom is 0.252 e. The first-order valence-electron chi connectivity index (χ1n) is 6.45. The Morgan fingerprint density at radius 3 is 2.40 bits per heavy atom. The van der Waals surface area contributed by atoms with Crippen molar-refractivity contribution in [3.8, 4) is 6.07 Å². The van der Waals surface area contributed by atoms with Crippen LogP contribution in [0.1, 0.15) is 24.1 Å². The zero-order valence-corrected chi connectivity index (χ0v) is 13.6. The van der Waals surface area contributed by atoms with Crippen molar-refractivity contribution in [1.82, 2.24) is 9.21 Å². The first-order valence-corrected chi connectivity index (χ1v) is 8.71. The summed E-state index contributed by atoms with van der Waals surface area (Å²) in [6.07, 6.45) is 3.19. The van der Waals surface area contributed by atoms with Gasteiger partial charge in [-0.25, -0.2) is 8.42 Å². The van der Waals surface area contributed by atoms with Gasteiger partial charge in [-0.15, -0.1) is 11.3 Å². The molecule has 0 N–H and O–H groups in total. The fourth-order valence-corrected chi connectivity index (χ4v) is 5.07. The van der Waals surface area contributed by atoms with Crippen LogP contribution in [0.3, 0.4) is 0 Å². The number of thiophene rings is 1. The molecule has 0 bridgehead atoms. The molecule has 0 amide bonds. The number of hydrogen-bond acceptors (Lipinski definition) is 5. The van der Waals surface area contributed by atoms with E-state index in [4.69, 9.17) is 5.26 Å². The SMILES string of the molecule is CN(C)C1(CN(C)S(=O)(=O)c2ccc(C#N)s2)CCC1. The second-order valence-electron chi connectivity index (χ2n) is 5.46. The Bertz CT molecular complexity index is 624. The third-order valence-electron chi connectivity index (χ3n) is 4.11. The van der Waals surface area contributed by atoms with Gasteiger partial charge >= 0.3 is 0 Å². The molecular formula is C13H19N3O2S2. The summed E-state index contributed by atoms with van der Waals surface area (Å²) in [4.78, 5) is 2.54. The maximum absolute atomic E-state index is 12.5. The Balaban J connectivity index is 2.19. The van der Waals surface area contributed by atoms with Crippen LogP contribution in [-0.4, -0.2) is 50.8 Å². The molecule has 1 saturated carbocycles. The highest BCUT2D eigenvalue weighted by molar-refractivity contribution is 7.91. The molecule has 1 fully saturated rings. The third kappa shape index (κ3) is 2.61. The van der Waals surface area contributed by atoms with E-state index in [0.29, 0.717) is 11.4 Å². The van der Waals surface area contributed by atoms with Crippen LogP contribution in [0, 0.1) is 11.3 Å². The number of nitrogens with zero attached hydrogens (tertiary/aromatic N) is 3. The molecule has 7 heteroatoms. The molecule has 5 nitrogen and oxygen atoms in total. The van der Waals surface area contributed by atoms with E-state index in [1.165, 1.54) is 10.4 Å². The Morgan fingerprint density at radius 1 is 1.35 bits per heavy atom. The maximum atomic E-state index is 12.5. The van der Waals surface area contributed by atoms with Crippen LogP contribution < -0.4 is 0 Å². The van der Waals surface area contributed by atoms with Crippen LogP contribution in [0.4, 0.5) is 0 Å². The molecule has 1 aromatic rings. The quantitative estimate of drug-likeness (QED) is 0.830. The van der Waals surface area contributed by atoms with Crippen LogP contribution in [0.5, 0.6) is 0 Å². The van der Waals surface area contributed by atoms with Gasteiger partial charge in [0, 0.05) is 19.1 Å². The van der Waals surface area contributed by atoms with Gasteiger partial charge in [-0.2, -0.15) is 9.57 Å². The predicted molar refractivity (Wildman–Crippen MR) is 79.1 cm³/mol. The van der Waals surface area contributed by atoms with Crippen LogP contribution in [-0.2, 0) is 10.0 Å². The van der Waals surface area contributed by atoms with Crippen LogP contribution in [0.15, 0.2) is 16.3 Å². The fraction of sp³-hybridized carbons (Fsp3) is 0.615. The Kier molecular flexibility index (Phi) is 4.21. The van der Waals surface area contributed by atoms with E-state index in [1.54, 1.807) is 13.1 Å². The first kappa shape index (κ1) is 15.4. The van der Waals surface area contributed by atoms with Gasteiger partial charge in [-0.05, 0) is 45.5 Å². The lowest BCUT2D eigenvalue weighted by Gasteiger charge is -2.48. The minimum absolute atomic E-state index is 0.0445. The molecule has 0 aliphatic heterocycles. The van der Waals surface area contributed by atoms with E-state index in [1.807, 2.05) is 20.2 Å². The van der Waals surface area contributed by atoms with Gasteiger partial charge in [0.2, 0.25) is 0 Å². The van der Waals surface area contributed by atoms with Crippen molar-refractivity contribution in [2.75, 3.05) is 27.7 Å². The predicted octanol–water partition coefficient (Wildman–Crippen LogP) is 1.72. The molecule has 0 saturated heterocycles. The summed E-state index contributed by atoms with van der Waals surface area (Å²) in [5.41, 5.74) is -0.0445. The molecular weight excluding hydrogens is 294 g/mol. The lowest BCUT2D eigenvalue weighted by Crippen LogP contribution is -2.57. The molecule has 1 aliphatic carbocycles. The van der Waals surface area contributed by atoms with E-state index < -0.39 is 10.0 Å². The van der Waals surface area contributed by atoms with Crippen molar-refractivity contribution in [3.63, 3.8) is 0 Å². The Labute approximate surface area is 124 Å². The number of likely N-dealkylation sites (N-methyl/N-ethyl adjacent to an activating group) is 2. The lowest BCUT2D eigenvalue weighted by atomic mass is 9.75. The van der Waals surface area contributed by atoms with E-state index >= 15 is 0 Å². The van der Waals surface area contributed by atoms with Crippen LogP contribution in [0.25, 0.3) is 0 Å². The van der Waals surface area contributed by atoms with Crippen molar-refractivity contribution >= 4 is 21.4 Å². The summed E-state index contributed by atoms with van der Waals surface area (Å²) in [6, 6.07) is 5.04. The van der Waals surface area contributed by atoms with Crippen molar-refractivity contribution in [2.45, 2.75) is 29.0 Å². The highest BCUT2D eigenvalue weighted by Crippen LogP contribution is 2.37. The van der Waals surface area contributed by atoms with E-state index in [2.05, 4.69) is 4.90 Å². The smallest absolute Gasteiger partial charge is 0.252 e. The van der Waals surface area contributed by atoms with Gasteiger partial charge in [0.05, 0.1) is 0 Å². The minimum atomic E-state index is -3.50. The van der Waals surface area contributed by atoms with E-state index in [-0.39, 0.29) is 9.75 Å². The van der Waals surface area contributed by atoms with Gasteiger partial charge in [0.1, 0.15) is 15.2 Å². The summed E-state index contributed by atoms with van der Waals surface area (Å²) in [5, 5.41) is 8.81. The molecule has 0 atom stereocenters. The van der Waals surface area contributed by atoms with E-state index in [9.17, 15) is 8.42 Å². The number of sulfonamides is 1. The summed E-state index contributed by atoms with van der Waals surface area (Å²) < 4.78 is 26.7. The van der Waals surface area contributed by atoms with Crippen LogP contribution >= 0.6 is 11.3 Å².